The van der Waals surface area contributed by atoms with Crippen LogP contribution in [0, 0.1) is 0 Å². The van der Waals surface area contributed by atoms with E-state index in [2.05, 4.69) is 0 Å². The standard InChI is InChI=1S/C7H11F3N2O2/c8-7(9,10)6(14)12-4-2-1-3-5(11)13/h1-4H2,(H2,11,13)(H,12,14). The van der Waals surface area contributed by atoms with E-state index in [1.807, 2.05) is 0 Å². The highest BCUT2D eigenvalue weighted by molar-refractivity contribution is 5.81. The van der Waals surface area contributed by atoms with Crippen molar-refractivity contribution in [3.8, 4) is 0 Å². The quantitative estimate of drug-likeness (QED) is 0.644. The van der Waals surface area contributed by atoms with Crippen molar-refractivity contribution in [3.63, 3.8) is 0 Å². The summed E-state index contributed by atoms with van der Waals surface area (Å²) in [6, 6.07) is 0. The van der Waals surface area contributed by atoms with Crippen LogP contribution in [0.3, 0.4) is 0 Å². The van der Waals surface area contributed by atoms with Crippen molar-refractivity contribution in [1.29, 1.82) is 0 Å². The summed E-state index contributed by atoms with van der Waals surface area (Å²) >= 11 is 0. The molecule has 0 heterocycles. The van der Waals surface area contributed by atoms with Crippen LogP contribution >= 0.6 is 0 Å². The van der Waals surface area contributed by atoms with Gasteiger partial charge in [0.25, 0.3) is 0 Å². The minimum atomic E-state index is -4.84. The topological polar surface area (TPSA) is 72.2 Å². The number of carbonyl (C=O) groups is 2. The van der Waals surface area contributed by atoms with Crippen molar-refractivity contribution < 1.29 is 22.8 Å². The van der Waals surface area contributed by atoms with E-state index in [9.17, 15) is 22.8 Å². The summed E-state index contributed by atoms with van der Waals surface area (Å²) < 4.78 is 34.8. The highest BCUT2D eigenvalue weighted by atomic mass is 19.4. The van der Waals surface area contributed by atoms with Crippen molar-refractivity contribution in [2.75, 3.05) is 6.54 Å². The molecule has 0 spiro atoms. The molecule has 3 N–H and O–H groups in total. The van der Waals surface area contributed by atoms with E-state index in [1.54, 1.807) is 5.32 Å². The Morgan fingerprint density at radius 1 is 1.21 bits per heavy atom. The van der Waals surface area contributed by atoms with E-state index in [4.69, 9.17) is 5.73 Å². The van der Waals surface area contributed by atoms with Gasteiger partial charge in [0.15, 0.2) is 0 Å². The Balaban J connectivity index is 3.46. The Bertz CT molecular complexity index is 215. The maximum atomic E-state index is 11.6. The zero-order chi connectivity index (χ0) is 11.2. The Morgan fingerprint density at radius 2 is 1.79 bits per heavy atom. The number of hydrogen-bond donors (Lipinski definition) is 2. The first-order valence-corrected chi connectivity index (χ1v) is 3.97. The van der Waals surface area contributed by atoms with E-state index in [-0.39, 0.29) is 13.0 Å². The minimum Gasteiger partial charge on any atom is -0.370 e. The molecule has 82 valence electrons. The molecule has 0 bridgehead atoms. The zero-order valence-electron chi connectivity index (χ0n) is 7.36. The Labute approximate surface area is 78.6 Å². The summed E-state index contributed by atoms with van der Waals surface area (Å²) in [5, 5.41) is 1.68. The van der Waals surface area contributed by atoms with E-state index < -0.39 is 18.0 Å². The fourth-order valence-corrected chi connectivity index (χ4v) is 0.726. The van der Waals surface area contributed by atoms with Gasteiger partial charge >= 0.3 is 12.1 Å². The number of primary amides is 1. The molecule has 0 radical (unpaired) electrons. The molecular formula is C7H11F3N2O2. The zero-order valence-corrected chi connectivity index (χ0v) is 7.36. The summed E-state index contributed by atoms with van der Waals surface area (Å²) in [6.07, 6.45) is -4.07. The van der Waals surface area contributed by atoms with Crippen LogP contribution in [0.4, 0.5) is 13.2 Å². The number of carbonyl (C=O) groups excluding carboxylic acids is 2. The van der Waals surface area contributed by atoms with Crippen LogP contribution in [-0.4, -0.2) is 24.5 Å². The molecule has 0 aliphatic carbocycles. The van der Waals surface area contributed by atoms with Crippen molar-refractivity contribution in [1.82, 2.24) is 5.32 Å². The summed E-state index contributed by atoms with van der Waals surface area (Å²) in [5.41, 5.74) is 4.80. The Kier molecular flexibility index (Phi) is 4.96. The molecule has 0 atom stereocenters. The third-order valence-electron chi connectivity index (χ3n) is 1.39. The predicted octanol–water partition coefficient (Wildman–Crippen LogP) is 0.320. The van der Waals surface area contributed by atoms with Gasteiger partial charge in [-0.15, -0.1) is 0 Å². The maximum absolute atomic E-state index is 11.6. The smallest absolute Gasteiger partial charge is 0.370 e. The molecule has 0 unspecified atom stereocenters. The van der Waals surface area contributed by atoms with Crippen LogP contribution in [0.25, 0.3) is 0 Å². The lowest BCUT2D eigenvalue weighted by Gasteiger charge is -2.06. The largest absolute Gasteiger partial charge is 0.471 e. The van der Waals surface area contributed by atoms with Gasteiger partial charge in [0.05, 0.1) is 0 Å². The third-order valence-corrected chi connectivity index (χ3v) is 1.39. The maximum Gasteiger partial charge on any atom is 0.471 e. The highest BCUT2D eigenvalue weighted by Gasteiger charge is 2.38. The number of halogens is 3. The molecule has 0 rings (SSSR count). The van der Waals surface area contributed by atoms with Gasteiger partial charge in [0.2, 0.25) is 5.91 Å². The summed E-state index contributed by atoms with van der Waals surface area (Å²) in [7, 11) is 0. The first-order valence-electron chi connectivity index (χ1n) is 3.97. The van der Waals surface area contributed by atoms with Crippen LogP contribution in [0.2, 0.25) is 0 Å². The van der Waals surface area contributed by atoms with Gasteiger partial charge in [0.1, 0.15) is 0 Å². The lowest BCUT2D eigenvalue weighted by atomic mass is 10.2. The lowest BCUT2D eigenvalue weighted by Crippen LogP contribution is -2.37. The van der Waals surface area contributed by atoms with Crippen LogP contribution in [0.15, 0.2) is 0 Å². The van der Waals surface area contributed by atoms with Gasteiger partial charge < -0.3 is 11.1 Å². The first-order chi connectivity index (χ1) is 6.34. The average Bonchev–Trinajstić information content (AvgIpc) is 2.01. The number of nitrogens with one attached hydrogen (secondary N) is 1. The normalized spacial score (nSPS) is 11.1. The molecule has 4 nitrogen and oxygen atoms in total. The predicted molar refractivity (Wildman–Crippen MR) is 42.1 cm³/mol. The number of nitrogens with two attached hydrogens (primary N) is 1. The van der Waals surface area contributed by atoms with Gasteiger partial charge in [-0.2, -0.15) is 13.2 Å². The molecule has 0 aromatic heterocycles. The van der Waals surface area contributed by atoms with Crippen LogP contribution in [0.1, 0.15) is 19.3 Å². The van der Waals surface area contributed by atoms with Gasteiger partial charge in [-0.1, -0.05) is 0 Å². The van der Waals surface area contributed by atoms with E-state index in [1.165, 1.54) is 0 Å². The molecule has 0 aliphatic rings. The van der Waals surface area contributed by atoms with Gasteiger partial charge in [-0.3, -0.25) is 9.59 Å². The molecule has 0 aliphatic heterocycles. The molecule has 0 saturated heterocycles. The summed E-state index contributed by atoms with van der Waals surface area (Å²) in [6.45, 7) is -0.106. The monoisotopic (exact) mass is 212 g/mol. The Hall–Kier alpha value is -1.27. The fraction of sp³-hybridized carbons (Fsp3) is 0.714. The average molecular weight is 212 g/mol. The van der Waals surface area contributed by atoms with Crippen molar-refractivity contribution in [2.45, 2.75) is 25.4 Å². The van der Waals surface area contributed by atoms with Gasteiger partial charge in [-0.05, 0) is 12.8 Å². The number of rotatable bonds is 5. The van der Waals surface area contributed by atoms with Crippen molar-refractivity contribution >= 4 is 11.8 Å². The van der Waals surface area contributed by atoms with Crippen molar-refractivity contribution in [3.05, 3.63) is 0 Å². The second kappa shape index (κ2) is 5.46. The molecule has 0 saturated carbocycles. The molecule has 7 heteroatoms. The second-order valence-electron chi connectivity index (χ2n) is 2.68. The minimum absolute atomic E-state index is 0.106. The molecule has 0 aromatic rings. The summed E-state index contributed by atoms with van der Waals surface area (Å²) in [5.74, 6) is -2.47. The van der Waals surface area contributed by atoms with Crippen molar-refractivity contribution in [2.24, 2.45) is 5.73 Å². The van der Waals surface area contributed by atoms with Gasteiger partial charge in [-0.25, -0.2) is 0 Å². The number of alkyl halides is 3. The van der Waals surface area contributed by atoms with Crippen LogP contribution in [-0.2, 0) is 9.59 Å². The molecule has 0 aromatic carbocycles. The molecule has 14 heavy (non-hydrogen) atoms. The molecular weight excluding hydrogens is 201 g/mol. The number of amides is 2. The number of unbranched alkanes of at least 4 members (excludes halogenated alkanes) is 1. The van der Waals surface area contributed by atoms with E-state index in [0.29, 0.717) is 12.8 Å². The Morgan fingerprint density at radius 3 is 2.21 bits per heavy atom. The van der Waals surface area contributed by atoms with Crippen LogP contribution < -0.4 is 11.1 Å². The fourth-order valence-electron chi connectivity index (χ4n) is 0.726. The molecule has 0 fully saturated rings. The highest BCUT2D eigenvalue weighted by Crippen LogP contribution is 2.13. The molecule has 2 amide bonds. The number of hydrogen-bond acceptors (Lipinski definition) is 2. The second-order valence-corrected chi connectivity index (χ2v) is 2.68. The van der Waals surface area contributed by atoms with E-state index in [0.717, 1.165) is 0 Å². The van der Waals surface area contributed by atoms with E-state index >= 15 is 0 Å². The lowest BCUT2D eigenvalue weighted by molar-refractivity contribution is -0.173. The first kappa shape index (κ1) is 12.7. The van der Waals surface area contributed by atoms with Gasteiger partial charge in [0, 0.05) is 13.0 Å². The summed E-state index contributed by atoms with van der Waals surface area (Å²) in [4.78, 5) is 20.4. The third kappa shape index (κ3) is 6.27. The SMILES string of the molecule is NC(=O)CCCCNC(=O)C(F)(F)F. The van der Waals surface area contributed by atoms with Crippen LogP contribution in [0.5, 0.6) is 0 Å².